The van der Waals surface area contributed by atoms with E-state index in [0.29, 0.717) is 12.4 Å². The van der Waals surface area contributed by atoms with Gasteiger partial charge in [0.1, 0.15) is 12.4 Å². The molecule has 124 valence electrons. The molecule has 1 atom stereocenters. The van der Waals surface area contributed by atoms with E-state index in [9.17, 15) is 18.0 Å². The molecule has 9 heteroatoms. The van der Waals surface area contributed by atoms with Gasteiger partial charge < -0.3 is 9.88 Å². The summed E-state index contributed by atoms with van der Waals surface area (Å²) in [6, 6.07) is 0.707. The minimum Gasteiger partial charge on any atom is -0.344 e. The quantitative estimate of drug-likeness (QED) is 0.940. The number of likely N-dealkylation sites (tertiary alicyclic amines) is 1. The van der Waals surface area contributed by atoms with Crippen molar-refractivity contribution in [3.63, 3.8) is 0 Å². The van der Waals surface area contributed by atoms with Crippen LogP contribution in [0.15, 0.2) is 18.5 Å². The second-order valence-corrected chi connectivity index (χ2v) is 5.59. The van der Waals surface area contributed by atoms with Crippen LogP contribution in [0.1, 0.15) is 36.1 Å². The van der Waals surface area contributed by atoms with Crippen LogP contribution in [-0.2, 0) is 17.5 Å². The van der Waals surface area contributed by atoms with Gasteiger partial charge >= 0.3 is 6.18 Å². The molecule has 0 saturated carbocycles. The molecular formula is C14H16F3N5O. The molecule has 0 radical (unpaired) electrons. The number of nitrogens with zero attached hydrogens (tertiary/aromatic N) is 4. The molecule has 0 aromatic carbocycles. The molecule has 1 fully saturated rings. The Morgan fingerprint density at radius 3 is 2.87 bits per heavy atom. The lowest BCUT2D eigenvalue weighted by Crippen LogP contribution is -2.34. The van der Waals surface area contributed by atoms with E-state index in [-0.39, 0.29) is 18.5 Å². The maximum absolute atomic E-state index is 12.5. The van der Waals surface area contributed by atoms with Gasteiger partial charge in [-0.2, -0.15) is 18.3 Å². The van der Waals surface area contributed by atoms with Crippen LogP contribution in [0.5, 0.6) is 0 Å². The number of alkyl halides is 3. The van der Waals surface area contributed by atoms with Gasteiger partial charge in [0.05, 0.1) is 6.04 Å². The van der Waals surface area contributed by atoms with Crippen LogP contribution in [-0.4, -0.2) is 37.1 Å². The van der Waals surface area contributed by atoms with E-state index in [1.807, 2.05) is 6.92 Å². The number of aryl methyl sites for hydroxylation is 1. The van der Waals surface area contributed by atoms with Gasteiger partial charge in [-0.15, -0.1) is 0 Å². The number of imidazole rings is 1. The zero-order valence-corrected chi connectivity index (χ0v) is 12.5. The highest BCUT2D eigenvalue weighted by Gasteiger charge is 2.35. The number of carbonyl (C=O) groups is 1. The number of rotatable bonds is 3. The van der Waals surface area contributed by atoms with Crippen LogP contribution in [0, 0.1) is 6.92 Å². The van der Waals surface area contributed by atoms with Crippen LogP contribution in [0.4, 0.5) is 13.2 Å². The van der Waals surface area contributed by atoms with E-state index >= 15 is 0 Å². The van der Waals surface area contributed by atoms with Gasteiger partial charge in [0, 0.05) is 24.6 Å². The average molecular weight is 327 g/mol. The van der Waals surface area contributed by atoms with Crippen molar-refractivity contribution < 1.29 is 18.0 Å². The number of H-pyrrole nitrogens is 1. The fraction of sp³-hybridized carbons (Fsp3) is 0.500. The van der Waals surface area contributed by atoms with Crippen molar-refractivity contribution in [2.45, 2.75) is 38.5 Å². The van der Waals surface area contributed by atoms with E-state index in [1.165, 1.54) is 6.20 Å². The zero-order chi connectivity index (χ0) is 16.6. The summed E-state index contributed by atoms with van der Waals surface area (Å²) in [6.45, 7) is 2.23. The van der Waals surface area contributed by atoms with Crippen molar-refractivity contribution >= 4 is 5.91 Å². The highest BCUT2D eigenvalue weighted by molar-refractivity contribution is 5.76. The number of amides is 1. The molecule has 0 unspecified atom stereocenters. The molecule has 1 amide bonds. The number of aromatic amines is 1. The van der Waals surface area contributed by atoms with Crippen molar-refractivity contribution in [1.29, 1.82) is 0 Å². The first-order chi connectivity index (χ1) is 10.8. The summed E-state index contributed by atoms with van der Waals surface area (Å²) < 4.78 is 38.6. The summed E-state index contributed by atoms with van der Waals surface area (Å²) in [6.07, 6.45) is -0.0207. The second kappa shape index (κ2) is 5.71. The third kappa shape index (κ3) is 3.22. The van der Waals surface area contributed by atoms with Gasteiger partial charge in [-0.25, -0.2) is 4.98 Å². The Morgan fingerprint density at radius 2 is 2.26 bits per heavy atom. The first-order valence-corrected chi connectivity index (χ1v) is 7.26. The predicted molar refractivity (Wildman–Crippen MR) is 74.2 cm³/mol. The minimum atomic E-state index is -4.50. The summed E-state index contributed by atoms with van der Waals surface area (Å²) in [5.74, 6) is 0.447. The molecule has 0 bridgehead atoms. The molecule has 23 heavy (non-hydrogen) atoms. The van der Waals surface area contributed by atoms with Crippen molar-refractivity contribution in [3.8, 4) is 0 Å². The molecule has 1 aliphatic heterocycles. The second-order valence-electron chi connectivity index (χ2n) is 5.59. The third-order valence-corrected chi connectivity index (χ3v) is 3.84. The van der Waals surface area contributed by atoms with Crippen molar-refractivity contribution in [1.82, 2.24) is 24.6 Å². The van der Waals surface area contributed by atoms with E-state index < -0.39 is 11.9 Å². The number of carbonyl (C=O) groups excluding carboxylic acids is 1. The summed E-state index contributed by atoms with van der Waals surface area (Å²) in [7, 11) is 0. The largest absolute Gasteiger partial charge is 0.435 e. The molecule has 6 nitrogen and oxygen atoms in total. The van der Waals surface area contributed by atoms with Crippen LogP contribution >= 0.6 is 0 Å². The Hall–Kier alpha value is -2.32. The Morgan fingerprint density at radius 1 is 1.48 bits per heavy atom. The molecule has 1 N–H and O–H groups in total. The molecule has 1 aliphatic rings. The highest BCUT2D eigenvalue weighted by atomic mass is 19.4. The topological polar surface area (TPSA) is 66.8 Å². The molecule has 2 aromatic rings. The lowest BCUT2D eigenvalue weighted by Gasteiger charge is -2.23. The standard InChI is InChI=1S/C14H16F3N5O/c1-9-7-18-13(19-9)10-3-2-5-22(10)12(23)8-21-6-4-11(20-21)14(15,16)17/h4,6-7,10H,2-3,5,8H2,1H3,(H,18,19)/t10-/m0/s1. The first kappa shape index (κ1) is 15.6. The maximum Gasteiger partial charge on any atom is 0.435 e. The van der Waals surface area contributed by atoms with Crippen LogP contribution in [0.25, 0.3) is 0 Å². The molecule has 1 saturated heterocycles. The summed E-state index contributed by atoms with van der Waals surface area (Å²) in [4.78, 5) is 21.4. The van der Waals surface area contributed by atoms with E-state index in [0.717, 1.165) is 29.3 Å². The minimum absolute atomic E-state index is 0.158. The van der Waals surface area contributed by atoms with Crippen LogP contribution in [0.3, 0.4) is 0 Å². The van der Waals surface area contributed by atoms with Crippen molar-refractivity contribution in [2.24, 2.45) is 0 Å². The van der Waals surface area contributed by atoms with Crippen molar-refractivity contribution in [3.05, 3.63) is 35.7 Å². The van der Waals surface area contributed by atoms with E-state index in [2.05, 4.69) is 15.1 Å². The number of nitrogens with one attached hydrogen (secondary N) is 1. The number of hydrogen-bond acceptors (Lipinski definition) is 3. The number of aromatic nitrogens is 4. The highest BCUT2D eigenvalue weighted by Crippen LogP contribution is 2.31. The molecule has 3 heterocycles. The summed E-state index contributed by atoms with van der Waals surface area (Å²) in [5, 5.41) is 3.42. The van der Waals surface area contributed by atoms with E-state index in [1.54, 1.807) is 11.1 Å². The Kier molecular flexibility index (Phi) is 3.87. The average Bonchev–Trinajstić information content (AvgIpc) is 3.15. The molecule has 0 spiro atoms. The lowest BCUT2D eigenvalue weighted by atomic mass is 10.2. The Bertz CT molecular complexity index is 705. The third-order valence-electron chi connectivity index (χ3n) is 3.84. The predicted octanol–water partition coefficient (Wildman–Crippen LogP) is 2.30. The Labute approximate surface area is 130 Å². The van der Waals surface area contributed by atoms with Gasteiger partial charge in [0.15, 0.2) is 5.69 Å². The van der Waals surface area contributed by atoms with Crippen LogP contribution < -0.4 is 0 Å². The monoisotopic (exact) mass is 327 g/mol. The summed E-state index contributed by atoms with van der Waals surface area (Å²) >= 11 is 0. The fourth-order valence-electron chi connectivity index (χ4n) is 2.78. The molecule has 2 aromatic heterocycles. The SMILES string of the molecule is Cc1cnc([C@@H]2CCCN2C(=O)Cn2ccc(C(F)(F)F)n2)[nH]1. The molecule has 0 aliphatic carbocycles. The smallest absolute Gasteiger partial charge is 0.344 e. The van der Waals surface area contributed by atoms with Gasteiger partial charge in [0.2, 0.25) is 5.91 Å². The van der Waals surface area contributed by atoms with Crippen molar-refractivity contribution in [2.75, 3.05) is 6.54 Å². The Balaban J connectivity index is 1.71. The zero-order valence-electron chi connectivity index (χ0n) is 12.5. The molecular weight excluding hydrogens is 311 g/mol. The van der Waals surface area contributed by atoms with Gasteiger partial charge in [-0.1, -0.05) is 0 Å². The number of halogens is 3. The summed E-state index contributed by atoms with van der Waals surface area (Å²) in [5.41, 5.74) is -0.0916. The van der Waals surface area contributed by atoms with Gasteiger partial charge in [-0.3, -0.25) is 9.48 Å². The molecule has 3 rings (SSSR count). The van der Waals surface area contributed by atoms with Gasteiger partial charge in [-0.05, 0) is 25.8 Å². The number of hydrogen-bond donors (Lipinski definition) is 1. The lowest BCUT2D eigenvalue weighted by molar-refractivity contribution is -0.142. The van der Waals surface area contributed by atoms with E-state index in [4.69, 9.17) is 0 Å². The van der Waals surface area contributed by atoms with Crippen LogP contribution in [0.2, 0.25) is 0 Å². The fourth-order valence-corrected chi connectivity index (χ4v) is 2.78. The maximum atomic E-state index is 12.5. The van der Waals surface area contributed by atoms with Gasteiger partial charge in [0.25, 0.3) is 0 Å². The first-order valence-electron chi connectivity index (χ1n) is 7.26. The normalized spacial score (nSPS) is 18.6.